The van der Waals surface area contributed by atoms with Crippen LogP contribution in [0.2, 0.25) is 0 Å². The summed E-state index contributed by atoms with van der Waals surface area (Å²) in [5.74, 6) is 5.79. The number of rotatable bonds is 36. The number of hydrogen-bond donors (Lipinski definition) is 0. The Hall–Kier alpha value is -13.1. The Balaban J connectivity index is 1.09. The van der Waals surface area contributed by atoms with E-state index in [1.807, 2.05) is 255 Å². The number of aliphatic imine (C=N–C) groups is 6. The van der Waals surface area contributed by atoms with Gasteiger partial charge in [0.2, 0.25) is 0 Å². The van der Waals surface area contributed by atoms with Gasteiger partial charge >= 0.3 is 23.0 Å². The predicted octanol–water partition coefficient (Wildman–Crippen LogP) is 22.1. The van der Waals surface area contributed by atoms with Crippen molar-refractivity contribution >= 4 is 60.3 Å². The van der Waals surface area contributed by atoms with Crippen LogP contribution in [0.15, 0.2) is 335 Å². The Bertz CT molecular complexity index is 4700. The summed E-state index contributed by atoms with van der Waals surface area (Å²) in [6.07, 6.45) is 10.4. The Morgan fingerprint density at radius 1 is 0.202 bits per heavy atom. The minimum atomic E-state index is -4.78. The molecule has 1 aliphatic rings. The monoisotopic (exact) mass is 1580 g/mol. The summed E-state index contributed by atoms with van der Waals surface area (Å²) in [6, 6.07) is 90.8. The van der Waals surface area contributed by atoms with Gasteiger partial charge in [-0.05, 0) is 179 Å². The average molecular weight is 1580 g/mol. The van der Waals surface area contributed by atoms with Crippen molar-refractivity contribution < 1.29 is 55.6 Å². The SMILES string of the molecule is COc1ccc(CN=Cc2ccccc2OP2(Oc3ccccc3C=NCc3ccc(OC)cc3)=NP(Oc3ccccc3C=NCc3ccc(OC)cc3)(Oc3ccccc3C=NCc3ccc(OC)cc3)=NP(Oc3ccccc3C=NCc3ccc(OC)cc3)(Oc3ccccc3C=NCc3ccc(OC)cc3)=N2)cc1. The van der Waals surface area contributed by atoms with Crippen LogP contribution in [0.25, 0.3) is 0 Å². The summed E-state index contributed by atoms with van der Waals surface area (Å²) in [6.45, 7) is 1.81. The Morgan fingerprint density at radius 2 is 0.342 bits per heavy atom. The fourth-order valence-electron chi connectivity index (χ4n) is 11.4. The van der Waals surface area contributed by atoms with Gasteiger partial charge in [0, 0.05) is 70.7 Å². The lowest BCUT2D eigenvalue weighted by Crippen LogP contribution is -2.13. The molecule has 13 rings (SSSR count). The van der Waals surface area contributed by atoms with E-state index in [1.54, 1.807) is 116 Å². The van der Waals surface area contributed by atoms with Gasteiger partial charge in [0.05, 0.1) is 81.9 Å². The molecule has 1 heterocycles. The maximum Gasteiger partial charge on any atom is 0.460 e. The Morgan fingerprint density at radius 3 is 0.482 bits per heavy atom. The molecule has 0 saturated carbocycles. The lowest BCUT2D eigenvalue weighted by atomic mass is 10.2. The van der Waals surface area contributed by atoms with Crippen LogP contribution in [-0.4, -0.2) is 79.9 Å². The van der Waals surface area contributed by atoms with Crippen LogP contribution in [0.3, 0.4) is 0 Å². The normalized spacial score (nSPS) is 15.9. The highest BCUT2D eigenvalue weighted by Crippen LogP contribution is 2.79. The minimum absolute atomic E-state index is 0.245. The van der Waals surface area contributed by atoms with Gasteiger partial charge in [0.25, 0.3) is 0 Å². The van der Waals surface area contributed by atoms with Crippen LogP contribution in [0.4, 0.5) is 0 Å². The molecule has 0 radical (unpaired) electrons. The zero-order valence-corrected chi connectivity index (χ0v) is 66.4. The molecule has 0 N–H and O–H groups in total. The fraction of sp³-hybridized carbons (Fsp3) is 0.133. The third kappa shape index (κ3) is 21.7. The third-order valence-corrected chi connectivity index (χ3v) is 25.5. The van der Waals surface area contributed by atoms with Crippen LogP contribution in [-0.2, 0) is 39.3 Å². The summed E-state index contributed by atoms with van der Waals surface area (Å²) in [5.41, 5.74) is 8.78. The number of para-hydroxylation sites is 6. The lowest BCUT2D eigenvalue weighted by molar-refractivity contribution is 0.414. The van der Waals surface area contributed by atoms with E-state index >= 15 is 0 Å². The van der Waals surface area contributed by atoms with Crippen molar-refractivity contribution in [2.75, 3.05) is 42.7 Å². The smallest absolute Gasteiger partial charge is 0.460 e. The van der Waals surface area contributed by atoms with Crippen molar-refractivity contribution in [1.82, 2.24) is 0 Å². The average Bonchev–Trinajstić information content (AvgIpc) is 0.724. The van der Waals surface area contributed by atoms with Crippen molar-refractivity contribution in [3.63, 3.8) is 0 Å². The molecule has 1 aliphatic heterocycles. The zero-order chi connectivity index (χ0) is 78.6. The molecule has 0 spiro atoms. The van der Waals surface area contributed by atoms with E-state index in [2.05, 4.69) is 0 Å². The van der Waals surface area contributed by atoms with Crippen molar-refractivity contribution in [2.24, 2.45) is 43.5 Å². The molecule has 114 heavy (non-hydrogen) atoms. The number of nitrogens with zero attached hydrogens (tertiary/aromatic N) is 9. The zero-order valence-electron chi connectivity index (χ0n) is 63.7. The number of methoxy groups -OCH3 is 6. The minimum Gasteiger partial charge on any atom is -0.497 e. The molecule has 0 amide bonds. The van der Waals surface area contributed by atoms with Crippen LogP contribution in [0.1, 0.15) is 66.8 Å². The molecule has 0 aliphatic carbocycles. The van der Waals surface area contributed by atoms with Crippen LogP contribution < -0.4 is 55.6 Å². The van der Waals surface area contributed by atoms with E-state index in [-0.39, 0.29) is 34.5 Å². The molecular formula is C90H84N9O12P3. The Labute approximate surface area is 664 Å². The molecule has 0 fully saturated rings. The molecule has 12 aromatic rings. The second-order valence-electron chi connectivity index (χ2n) is 25.4. The highest BCUT2D eigenvalue weighted by molar-refractivity contribution is 7.79. The first-order valence-corrected chi connectivity index (χ1v) is 41.0. The first kappa shape index (κ1) is 79.0. The van der Waals surface area contributed by atoms with E-state index in [4.69, 9.17) is 99.1 Å². The predicted molar refractivity (Wildman–Crippen MR) is 456 cm³/mol. The van der Waals surface area contributed by atoms with E-state index in [0.29, 0.717) is 72.6 Å². The number of hydrogen-bond acceptors (Lipinski definition) is 21. The maximum absolute atomic E-state index is 7.79. The van der Waals surface area contributed by atoms with Gasteiger partial charge in [-0.15, -0.1) is 0 Å². The standard InChI is InChI=1S/C90H84N9O12P3/c1-100-79-43-31-67(32-44-79)55-91-61-73-19-7-13-25-85(73)106-112(107-86-26-14-8-20-74(86)62-92-56-68-33-45-80(101-2)46-34-68)97-113(108-87-27-15-9-21-75(87)63-93-57-69-35-47-81(102-3)48-36-69,109-88-28-16-10-22-76(88)64-94-58-70-37-49-82(103-4)50-38-70)99-114(98-112,110-89-29-17-11-23-77(89)65-95-59-71-39-51-83(104-5)52-40-71)111-90-30-18-12-24-78(90)66-96-60-72-41-53-84(105-6)54-42-72/h7-54,61-66H,55-60H2,1-6H3. The third-order valence-electron chi connectivity index (χ3n) is 17.5. The van der Waals surface area contributed by atoms with Crippen LogP contribution >= 0.6 is 23.0 Å². The molecule has 0 aromatic heterocycles. The van der Waals surface area contributed by atoms with Gasteiger partial charge in [-0.25, -0.2) is 0 Å². The van der Waals surface area contributed by atoms with E-state index in [1.165, 1.54) is 0 Å². The van der Waals surface area contributed by atoms with Gasteiger partial charge < -0.3 is 55.6 Å². The summed E-state index contributed by atoms with van der Waals surface area (Å²) in [5, 5.41) is 0. The van der Waals surface area contributed by atoms with E-state index < -0.39 is 23.0 Å². The van der Waals surface area contributed by atoms with Crippen molar-refractivity contribution in [2.45, 2.75) is 39.3 Å². The Kier molecular flexibility index (Phi) is 27.2. The maximum atomic E-state index is 7.79. The topological polar surface area (TPSA) is 222 Å². The highest BCUT2D eigenvalue weighted by Gasteiger charge is 2.50. The highest BCUT2D eigenvalue weighted by atomic mass is 31.3. The van der Waals surface area contributed by atoms with E-state index in [0.717, 1.165) is 67.9 Å². The second kappa shape index (κ2) is 39.2. The summed E-state index contributed by atoms with van der Waals surface area (Å²) in [4.78, 5) is 30.0. The van der Waals surface area contributed by atoms with Gasteiger partial charge in [-0.3, -0.25) is 30.0 Å². The summed E-state index contributed by atoms with van der Waals surface area (Å²) >= 11 is 0. The van der Waals surface area contributed by atoms with Gasteiger partial charge in [-0.1, -0.05) is 159 Å². The number of ether oxygens (including phenoxy) is 6. The van der Waals surface area contributed by atoms with Crippen molar-refractivity contribution in [3.05, 3.63) is 358 Å². The molecule has 0 unspecified atom stereocenters. The molecule has 12 aromatic carbocycles. The van der Waals surface area contributed by atoms with Gasteiger partial charge in [0.1, 0.15) is 69.0 Å². The first-order chi connectivity index (χ1) is 56.0. The largest absolute Gasteiger partial charge is 0.497 e. The second-order valence-corrected chi connectivity index (χ2v) is 31.6. The molecule has 0 saturated heterocycles. The van der Waals surface area contributed by atoms with Crippen molar-refractivity contribution in [3.8, 4) is 69.0 Å². The molecule has 576 valence electrons. The first-order valence-electron chi connectivity index (χ1n) is 36.4. The fourth-order valence-corrected chi connectivity index (χ4v) is 20.7. The molecule has 21 nitrogen and oxygen atoms in total. The number of benzene rings is 12. The molecule has 0 atom stereocenters. The van der Waals surface area contributed by atoms with Gasteiger partial charge in [-0.2, -0.15) is 0 Å². The van der Waals surface area contributed by atoms with Crippen molar-refractivity contribution in [1.29, 1.82) is 0 Å². The van der Waals surface area contributed by atoms with Crippen LogP contribution in [0, 0.1) is 0 Å². The lowest BCUT2D eigenvalue weighted by Gasteiger charge is -2.34. The molecular weight excluding hydrogens is 1490 g/mol. The summed E-state index contributed by atoms with van der Waals surface area (Å²) in [7, 11) is -4.55. The van der Waals surface area contributed by atoms with Gasteiger partial charge in [0.15, 0.2) is 0 Å². The quantitative estimate of drug-likeness (QED) is 0.0264. The van der Waals surface area contributed by atoms with Crippen LogP contribution in [0.5, 0.6) is 69.0 Å². The molecule has 24 heteroatoms. The van der Waals surface area contributed by atoms with E-state index in [9.17, 15) is 0 Å². The summed E-state index contributed by atoms with van der Waals surface area (Å²) < 4.78 is 97.3. The molecule has 0 bridgehead atoms.